The molecule has 4 aromatic carbocycles. The quantitative estimate of drug-likeness (QED) is 0.197. The Bertz CT molecular complexity index is 1720. The Morgan fingerprint density at radius 1 is 0.953 bits per heavy atom. The summed E-state index contributed by atoms with van der Waals surface area (Å²) < 4.78 is 64.1. The van der Waals surface area contributed by atoms with Crippen molar-refractivity contribution >= 4 is 27.8 Å². The monoisotopic (exact) mass is 605 g/mol. The Labute approximate surface area is 248 Å². The Morgan fingerprint density at radius 3 is 2.44 bits per heavy atom. The topological polar surface area (TPSA) is 116 Å². The van der Waals surface area contributed by atoms with Crippen molar-refractivity contribution in [1.82, 2.24) is 5.43 Å². The van der Waals surface area contributed by atoms with Crippen LogP contribution in [0.1, 0.15) is 11.1 Å². The van der Waals surface area contributed by atoms with Crippen molar-refractivity contribution in [2.45, 2.75) is 11.5 Å². The minimum atomic E-state index is -4.28. The van der Waals surface area contributed by atoms with Crippen LogP contribution in [0.25, 0.3) is 0 Å². The van der Waals surface area contributed by atoms with Crippen molar-refractivity contribution in [3.05, 3.63) is 108 Å². The summed E-state index contributed by atoms with van der Waals surface area (Å²) in [6.07, 6.45) is 1.39. The van der Waals surface area contributed by atoms with Gasteiger partial charge in [-0.15, -0.1) is 0 Å². The second-order valence-electron chi connectivity index (χ2n) is 9.27. The highest BCUT2D eigenvalue weighted by Crippen LogP contribution is 2.34. The van der Waals surface area contributed by atoms with Crippen LogP contribution >= 0.6 is 0 Å². The number of rotatable bonds is 11. The Hall–Kier alpha value is -5.10. The van der Waals surface area contributed by atoms with Crippen LogP contribution in [-0.4, -0.2) is 47.4 Å². The molecule has 12 heteroatoms. The molecule has 1 amide bonds. The molecule has 0 atom stereocenters. The highest BCUT2D eigenvalue weighted by Gasteiger charge is 2.29. The lowest BCUT2D eigenvalue weighted by Gasteiger charge is -2.25. The maximum atomic E-state index is 13.7. The SMILES string of the molecule is COc1cc(/C=N\NC(=O)CN(c2ccc(F)cc2)S(=O)(=O)c2ccc3c(c2)OCCO3)ccc1OCc1ccccc1. The first kappa shape index (κ1) is 29.4. The van der Waals surface area contributed by atoms with Crippen molar-refractivity contribution in [2.75, 3.05) is 31.2 Å². The molecule has 0 radical (unpaired) electrons. The molecule has 43 heavy (non-hydrogen) atoms. The van der Waals surface area contributed by atoms with E-state index < -0.39 is 28.3 Å². The molecule has 0 aromatic heterocycles. The van der Waals surface area contributed by atoms with Crippen LogP contribution in [-0.2, 0) is 21.4 Å². The molecule has 0 spiro atoms. The molecule has 0 unspecified atom stereocenters. The van der Waals surface area contributed by atoms with E-state index in [2.05, 4.69) is 10.5 Å². The molecule has 0 aliphatic carbocycles. The zero-order valence-corrected chi connectivity index (χ0v) is 23.9. The van der Waals surface area contributed by atoms with E-state index in [1.165, 1.54) is 43.7 Å². The second-order valence-corrected chi connectivity index (χ2v) is 11.1. The number of carbonyl (C=O) groups is 1. The summed E-state index contributed by atoms with van der Waals surface area (Å²) in [5.74, 6) is 0.411. The first-order chi connectivity index (χ1) is 20.8. The van der Waals surface area contributed by atoms with Gasteiger partial charge in [0.2, 0.25) is 0 Å². The van der Waals surface area contributed by atoms with Gasteiger partial charge in [0.1, 0.15) is 32.2 Å². The van der Waals surface area contributed by atoms with Crippen molar-refractivity contribution < 1.29 is 36.6 Å². The third-order valence-corrected chi connectivity index (χ3v) is 8.10. The van der Waals surface area contributed by atoms with Gasteiger partial charge < -0.3 is 18.9 Å². The fourth-order valence-corrected chi connectivity index (χ4v) is 5.63. The maximum absolute atomic E-state index is 13.7. The lowest BCUT2D eigenvalue weighted by molar-refractivity contribution is -0.119. The van der Waals surface area contributed by atoms with Gasteiger partial charge in [-0.1, -0.05) is 30.3 Å². The van der Waals surface area contributed by atoms with Gasteiger partial charge in [0.05, 0.1) is 23.9 Å². The number of benzene rings is 4. The number of fused-ring (bicyclic) bond motifs is 1. The Kier molecular flexibility index (Phi) is 9.06. The molecular formula is C31H28FN3O7S. The molecule has 0 fully saturated rings. The van der Waals surface area contributed by atoms with Crippen molar-refractivity contribution in [3.8, 4) is 23.0 Å². The number of nitrogens with one attached hydrogen (secondary N) is 1. The summed E-state index contributed by atoms with van der Waals surface area (Å²) >= 11 is 0. The molecule has 222 valence electrons. The van der Waals surface area contributed by atoms with Gasteiger partial charge in [-0.3, -0.25) is 9.10 Å². The van der Waals surface area contributed by atoms with Crippen LogP contribution in [0.15, 0.2) is 101 Å². The summed E-state index contributed by atoms with van der Waals surface area (Å²) in [5.41, 5.74) is 4.04. The number of halogens is 1. The average Bonchev–Trinajstić information content (AvgIpc) is 3.03. The number of ether oxygens (including phenoxy) is 4. The third-order valence-electron chi connectivity index (χ3n) is 6.33. The zero-order valence-electron chi connectivity index (χ0n) is 23.1. The summed E-state index contributed by atoms with van der Waals surface area (Å²) in [7, 11) is -2.77. The Balaban J connectivity index is 1.29. The van der Waals surface area contributed by atoms with E-state index in [9.17, 15) is 17.6 Å². The minimum Gasteiger partial charge on any atom is -0.493 e. The predicted octanol–water partition coefficient (Wildman–Crippen LogP) is 4.53. The predicted molar refractivity (Wildman–Crippen MR) is 158 cm³/mol. The number of carbonyl (C=O) groups excluding carboxylic acids is 1. The normalized spacial score (nSPS) is 12.5. The van der Waals surface area contributed by atoms with Gasteiger partial charge >= 0.3 is 0 Å². The van der Waals surface area contributed by atoms with Crippen LogP contribution in [0, 0.1) is 5.82 Å². The zero-order chi connectivity index (χ0) is 30.2. The van der Waals surface area contributed by atoms with Gasteiger partial charge in [-0.25, -0.2) is 18.2 Å². The highest BCUT2D eigenvalue weighted by molar-refractivity contribution is 7.92. The summed E-state index contributed by atoms with van der Waals surface area (Å²) in [4.78, 5) is 12.8. The maximum Gasteiger partial charge on any atom is 0.264 e. The molecule has 0 saturated heterocycles. The summed E-state index contributed by atoms with van der Waals surface area (Å²) in [6.45, 7) is 0.351. The van der Waals surface area contributed by atoms with E-state index in [0.29, 0.717) is 36.0 Å². The summed E-state index contributed by atoms with van der Waals surface area (Å²) in [6, 6.07) is 23.8. The van der Waals surface area contributed by atoms with Gasteiger partial charge in [0.25, 0.3) is 15.9 Å². The molecule has 1 heterocycles. The van der Waals surface area contributed by atoms with E-state index in [-0.39, 0.29) is 22.9 Å². The van der Waals surface area contributed by atoms with E-state index in [1.54, 1.807) is 18.2 Å². The Morgan fingerprint density at radius 2 is 1.70 bits per heavy atom. The molecule has 5 rings (SSSR count). The number of methoxy groups -OCH3 is 1. The first-order valence-electron chi connectivity index (χ1n) is 13.2. The molecule has 1 aliphatic heterocycles. The van der Waals surface area contributed by atoms with Gasteiger partial charge in [-0.2, -0.15) is 5.10 Å². The first-order valence-corrected chi connectivity index (χ1v) is 14.6. The second kappa shape index (κ2) is 13.3. The summed E-state index contributed by atoms with van der Waals surface area (Å²) in [5, 5.41) is 3.97. The van der Waals surface area contributed by atoms with E-state index in [1.807, 2.05) is 30.3 Å². The molecule has 0 saturated carbocycles. The number of anilines is 1. The fourth-order valence-electron chi connectivity index (χ4n) is 4.20. The number of nitrogens with zero attached hydrogens (tertiary/aromatic N) is 2. The van der Waals surface area contributed by atoms with Crippen LogP contribution < -0.4 is 28.7 Å². The number of hydrazone groups is 1. The van der Waals surface area contributed by atoms with E-state index in [0.717, 1.165) is 22.0 Å². The van der Waals surface area contributed by atoms with Crippen LogP contribution in [0.4, 0.5) is 10.1 Å². The van der Waals surface area contributed by atoms with E-state index in [4.69, 9.17) is 18.9 Å². The molecular weight excluding hydrogens is 577 g/mol. The number of amides is 1. The van der Waals surface area contributed by atoms with Crippen LogP contribution in [0.2, 0.25) is 0 Å². The van der Waals surface area contributed by atoms with Gasteiger partial charge in [0, 0.05) is 6.07 Å². The fraction of sp³-hybridized carbons (Fsp3) is 0.161. The average molecular weight is 606 g/mol. The smallest absolute Gasteiger partial charge is 0.264 e. The minimum absolute atomic E-state index is 0.0891. The number of sulfonamides is 1. The van der Waals surface area contributed by atoms with Crippen molar-refractivity contribution in [3.63, 3.8) is 0 Å². The molecule has 4 aromatic rings. The molecule has 0 bridgehead atoms. The molecule has 1 N–H and O–H groups in total. The number of hydrogen-bond donors (Lipinski definition) is 1. The van der Waals surface area contributed by atoms with E-state index >= 15 is 0 Å². The van der Waals surface area contributed by atoms with Gasteiger partial charge in [0.15, 0.2) is 23.0 Å². The lowest BCUT2D eigenvalue weighted by Crippen LogP contribution is -2.39. The lowest BCUT2D eigenvalue weighted by atomic mass is 10.2. The van der Waals surface area contributed by atoms with Crippen LogP contribution in [0.5, 0.6) is 23.0 Å². The van der Waals surface area contributed by atoms with Gasteiger partial charge in [-0.05, 0) is 65.7 Å². The molecule has 10 nitrogen and oxygen atoms in total. The number of hydrogen-bond acceptors (Lipinski definition) is 8. The molecule has 1 aliphatic rings. The highest BCUT2D eigenvalue weighted by atomic mass is 32.2. The van der Waals surface area contributed by atoms with Crippen LogP contribution in [0.3, 0.4) is 0 Å². The van der Waals surface area contributed by atoms with Crippen molar-refractivity contribution in [1.29, 1.82) is 0 Å². The standard InChI is InChI=1S/C31H28FN3O7S/c1-39-29-17-23(7-13-27(29)42-21-22-5-3-2-4-6-22)19-33-34-31(36)20-35(25-10-8-24(32)9-11-25)43(37,38)26-12-14-28-30(18-26)41-16-15-40-28/h2-14,17-19H,15-16,20-21H2,1H3,(H,34,36)/b33-19-. The largest absolute Gasteiger partial charge is 0.493 e. The third kappa shape index (κ3) is 7.22. The van der Waals surface area contributed by atoms with Crippen molar-refractivity contribution in [2.24, 2.45) is 5.10 Å².